The molecule has 6 heteroatoms. The van der Waals surface area contributed by atoms with Gasteiger partial charge in [-0.05, 0) is 49.3 Å². The third-order valence-corrected chi connectivity index (χ3v) is 6.45. The molecule has 0 bridgehead atoms. The summed E-state index contributed by atoms with van der Waals surface area (Å²) in [6.07, 6.45) is 6.40. The average molecular weight is 371 g/mol. The van der Waals surface area contributed by atoms with E-state index in [1.807, 2.05) is 29.8 Å². The Bertz CT molecular complexity index is 690. The van der Waals surface area contributed by atoms with E-state index < -0.39 is 0 Å². The quantitative estimate of drug-likeness (QED) is 0.899. The number of anilines is 1. The van der Waals surface area contributed by atoms with E-state index in [2.05, 4.69) is 32.2 Å². The Morgan fingerprint density at radius 3 is 2.50 bits per heavy atom. The number of hydrogen-bond acceptors (Lipinski definition) is 5. The van der Waals surface area contributed by atoms with Crippen molar-refractivity contribution < 1.29 is 4.79 Å². The summed E-state index contributed by atoms with van der Waals surface area (Å²) in [4.78, 5) is 22.5. The van der Waals surface area contributed by atoms with E-state index in [1.165, 1.54) is 24.2 Å². The summed E-state index contributed by atoms with van der Waals surface area (Å²) in [6.45, 7) is 4.30. The van der Waals surface area contributed by atoms with Crippen LogP contribution in [0.4, 0.5) is 5.82 Å². The first-order valence-electron chi connectivity index (χ1n) is 9.54. The van der Waals surface area contributed by atoms with Gasteiger partial charge in [0.25, 0.3) is 5.91 Å². The van der Waals surface area contributed by atoms with Crippen molar-refractivity contribution in [3.8, 4) is 0 Å². The van der Waals surface area contributed by atoms with Crippen LogP contribution in [0.25, 0.3) is 0 Å². The van der Waals surface area contributed by atoms with Gasteiger partial charge < -0.3 is 10.2 Å². The predicted octanol–water partition coefficient (Wildman–Crippen LogP) is 3.01. The molecule has 1 saturated carbocycles. The number of carbonyl (C=O) groups is 1. The van der Waals surface area contributed by atoms with Crippen LogP contribution >= 0.6 is 11.3 Å². The van der Waals surface area contributed by atoms with Crippen molar-refractivity contribution in [1.82, 2.24) is 15.2 Å². The molecule has 1 aliphatic heterocycles. The third kappa shape index (κ3) is 4.07. The molecule has 5 nitrogen and oxygen atoms in total. The zero-order valence-corrected chi connectivity index (χ0v) is 15.8. The molecule has 0 unspecified atom stereocenters. The number of hydrogen-bond donors (Lipinski definition) is 1. The van der Waals surface area contributed by atoms with Gasteiger partial charge in [0.2, 0.25) is 0 Å². The zero-order chi connectivity index (χ0) is 17.8. The van der Waals surface area contributed by atoms with Crippen LogP contribution in [0.1, 0.15) is 35.4 Å². The molecule has 2 aromatic rings. The highest BCUT2D eigenvalue weighted by Crippen LogP contribution is 2.25. The molecule has 1 saturated heterocycles. The minimum atomic E-state index is 0.0902. The first kappa shape index (κ1) is 17.5. The van der Waals surface area contributed by atoms with Crippen molar-refractivity contribution in [2.24, 2.45) is 0 Å². The SMILES string of the molecule is O=C(N[C@H]1CC[C@H](N2CCN(c3ccccn3)CC2)CC1)c1cccs1. The van der Waals surface area contributed by atoms with Crippen molar-refractivity contribution in [3.05, 3.63) is 46.8 Å². The van der Waals surface area contributed by atoms with Gasteiger partial charge in [-0.3, -0.25) is 9.69 Å². The number of rotatable bonds is 4. The van der Waals surface area contributed by atoms with Crippen molar-refractivity contribution in [3.63, 3.8) is 0 Å². The fourth-order valence-corrected chi connectivity index (χ4v) is 4.73. The summed E-state index contributed by atoms with van der Waals surface area (Å²) in [6, 6.07) is 10.9. The van der Waals surface area contributed by atoms with E-state index in [4.69, 9.17) is 0 Å². The number of carbonyl (C=O) groups excluding carboxylic acids is 1. The second-order valence-corrected chi connectivity index (χ2v) is 8.11. The average Bonchev–Trinajstić information content (AvgIpc) is 3.25. The minimum absolute atomic E-state index is 0.0902. The Kier molecular flexibility index (Phi) is 5.51. The van der Waals surface area contributed by atoms with E-state index in [0.29, 0.717) is 12.1 Å². The van der Waals surface area contributed by atoms with E-state index in [1.54, 1.807) is 0 Å². The first-order valence-corrected chi connectivity index (χ1v) is 10.4. The fraction of sp³-hybridized carbons (Fsp3) is 0.500. The van der Waals surface area contributed by atoms with Gasteiger partial charge in [0.05, 0.1) is 4.88 Å². The van der Waals surface area contributed by atoms with Crippen molar-refractivity contribution in [2.45, 2.75) is 37.8 Å². The lowest BCUT2D eigenvalue weighted by molar-refractivity contribution is 0.0903. The van der Waals surface area contributed by atoms with Gasteiger partial charge in [-0.25, -0.2) is 4.98 Å². The van der Waals surface area contributed by atoms with E-state index in [-0.39, 0.29) is 5.91 Å². The summed E-state index contributed by atoms with van der Waals surface area (Å²) < 4.78 is 0. The predicted molar refractivity (Wildman–Crippen MR) is 106 cm³/mol. The lowest BCUT2D eigenvalue weighted by atomic mass is 9.89. The summed E-state index contributed by atoms with van der Waals surface area (Å²) in [5, 5.41) is 5.16. The van der Waals surface area contributed by atoms with Gasteiger partial charge in [0.15, 0.2) is 0 Å². The Morgan fingerprint density at radius 1 is 1.04 bits per heavy atom. The summed E-state index contributed by atoms with van der Waals surface area (Å²) in [5.74, 6) is 1.18. The molecule has 4 rings (SSSR count). The van der Waals surface area contributed by atoms with Gasteiger partial charge in [0, 0.05) is 44.5 Å². The normalized spacial score (nSPS) is 24.4. The van der Waals surface area contributed by atoms with E-state index in [9.17, 15) is 4.79 Å². The molecule has 2 aliphatic rings. The van der Waals surface area contributed by atoms with Crippen LogP contribution < -0.4 is 10.2 Å². The molecule has 0 radical (unpaired) electrons. The molecule has 0 atom stereocenters. The molecular weight excluding hydrogens is 344 g/mol. The van der Waals surface area contributed by atoms with Crippen LogP contribution in [0.3, 0.4) is 0 Å². The number of piperazine rings is 1. The maximum Gasteiger partial charge on any atom is 0.261 e. The second kappa shape index (κ2) is 8.18. The molecule has 3 heterocycles. The Hall–Kier alpha value is -1.92. The summed E-state index contributed by atoms with van der Waals surface area (Å²) in [7, 11) is 0. The van der Waals surface area contributed by atoms with E-state index in [0.717, 1.165) is 49.7 Å². The monoisotopic (exact) mass is 370 g/mol. The van der Waals surface area contributed by atoms with Gasteiger partial charge in [-0.2, -0.15) is 0 Å². The topological polar surface area (TPSA) is 48.5 Å². The molecule has 138 valence electrons. The zero-order valence-electron chi connectivity index (χ0n) is 15.0. The van der Waals surface area contributed by atoms with Crippen molar-refractivity contribution in [2.75, 3.05) is 31.1 Å². The number of nitrogens with one attached hydrogen (secondary N) is 1. The maximum absolute atomic E-state index is 12.2. The molecule has 2 aromatic heterocycles. The molecule has 1 amide bonds. The number of pyridine rings is 1. The Morgan fingerprint density at radius 2 is 1.85 bits per heavy atom. The van der Waals surface area contributed by atoms with Crippen molar-refractivity contribution >= 4 is 23.1 Å². The lowest BCUT2D eigenvalue weighted by Gasteiger charge is -2.42. The smallest absolute Gasteiger partial charge is 0.261 e. The van der Waals surface area contributed by atoms with Gasteiger partial charge in [-0.15, -0.1) is 11.3 Å². The minimum Gasteiger partial charge on any atom is -0.354 e. The highest BCUT2D eigenvalue weighted by atomic mass is 32.1. The molecule has 0 spiro atoms. The standard InChI is InChI=1S/C20H26N4OS/c25-20(18-4-3-15-26-18)22-16-6-8-17(9-7-16)23-11-13-24(14-12-23)19-5-1-2-10-21-19/h1-5,10,15-17H,6-9,11-14H2,(H,22,25)/t16-,17-. The van der Waals surface area contributed by atoms with Crippen LogP contribution in [-0.2, 0) is 0 Å². The third-order valence-electron chi connectivity index (χ3n) is 5.58. The lowest BCUT2D eigenvalue weighted by Crippen LogP contribution is -2.52. The van der Waals surface area contributed by atoms with Gasteiger partial charge in [0.1, 0.15) is 5.82 Å². The Labute approximate surface area is 159 Å². The first-order chi connectivity index (χ1) is 12.8. The van der Waals surface area contributed by atoms with Crippen LogP contribution in [0.5, 0.6) is 0 Å². The highest BCUT2D eigenvalue weighted by molar-refractivity contribution is 7.12. The maximum atomic E-state index is 12.2. The number of amides is 1. The van der Waals surface area contributed by atoms with Gasteiger partial charge >= 0.3 is 0 Å². The van der Waals surface area contributed by atoms with Crippen LogP contribution in [0, 0.1) is 0 Å². The largest absolute Gasteiger partial charge is 0.354 e. The molecule has 1 aliphatic carbocycles. The summed E-state index contributed by atoms with van der Waals surface area (Å²) in [5.41, 5.74) is 0. The van der Waals surface area contributed by atoms with Crippen LogP contribution in [0.2, 0.25) is 0 Å². The van der Waals surface area contributed by atoms with Crippen LogP contribution in [-0.4, -0.2) is 54.1 Å². The van der Waals surface area contributed by atoms with Gasteiger partial charge in [-0.1, -0.05) is 12.1 Å². The molecule has 0 aromatic carbocycles. The van der Waals surface area contributed by atoms with Crippen molar-refractivity contribution in [1.29, 1.82) is 0 Å². The molecule has 1 N–H and O–H groups in total. The molecule has 2 fully saturated rings. The van der Waals surface area contributed by atoms with Crippen LogP contribution in [0.15, 0.2) is 41.9 Å². The molecule has 26 heavy (non-hydrogen) atoms. The number of thiophene rings is 1. The second-order valence-electron chi connectivity index (χ2n) is 7.17. The Balaban J connectivity index is 1.22. The highest BCUT2D eigenvalue weighted by Gasteiger charge is 2.29. The molecular formula is C20H26N4OS. The fourth-order valence-electron chi connectivity index (χ4n) is 4.11. The summed E-state index contributed by atoms with van der Waals surface area (Å²) >= 11 is 1.51. The number of aromatic nitrogens is 1. The van der Waals surface area contributed by atoms with E-state index >= 15 is 0 Å². The number of nitrogens with zero attached hydrogens (tertiary/aromatic N) is 3.